The minimum absolute atomic E-state index is 0.251. The highest BCUT2D eigenvalue weighted by Gasteiger charge is 2.07. The fraction of sp³-hybridized carbons (Fsp3) is 0.500. The van der Waals surface area contributed by atoms with Crippen molar-refractivity contribution in [3.63, 3.8) is 0 Å². The highest BCUT2D eigenvalue weighted by molar-refractivity contribution is 9.10. The fourth-order valence-corrected chi connectivity index (χ4v) is 1.96. The first-order valence-corrected chi connectivity index (χ1v) is 6.59. The number of hydrogen-bond donors (Lipinski definition) is 0. The maximum atomic E-state index is 11.9. The van der Waals surface area contributed by atoms with Gasteiger partial charge in [-0.1, -0.05) is 48.3 Å². The van der Waals surface area contributed by atoms with Crippen molar-refractivity contribution in [3.8, 4) is 0 Å². The Hall–Kier alpha value is -0.630. The number of carbonyl (C=O) groups is 1. The molecule has 0 unspecified atom stereocenters. The van der Waals surface area contributed by atoms with Crippen molar-refractivity contribution in [2.75, 3.05) is 0 Å². The monoisotopic (exact) mass is 282 g/mol. The molecule has 0 spiro atoms. The quantitative estimate of drug-likeness (QED) is 0.711. The zero-order valence-corrected chi connectivity index (χ0v) is 11.8. The Morgan fingerprint density at radius 2 is 2.06 bits per heavy atom. The Morgan fingerprint density at radius 1 is 1.38 bits per heavy atom. The summed E-state index contributed by atoms with van der Waals surface area (Å²) in [7, 11) is 0. The number of aryl methyl sites for hydroxylation is 1. The highest BCUT2D eigenvalue weighted by atomic mass is 79.9. The van der Waals surface area contributed by atoms with Gasteiger partial charge in [-0.25, -0.2) is 0 Å². The summed E-state index contributed by atoms with van der Waals surface area (Å²) in [6.45, 7) is 6.40. The van der Waals surface area contributed by atoms with E-state index in [1.54, 1.807) is 0 Å². The SMILES string of the molecule is Cc1ccc(C(=O)CCCC(C)C)cc1Br. The van der Waals surface area contributed by atoms with Crippen LogP contribution in [0.2, 0.25) is 0 Å². The molecule has 0 saturated carbocycles. The topological polar surface area (TPSA) is 17.1 Å². The van der Waals surface area contributed by atoms with Gasteiger partial charge in [-0.15, -0.1) is 0 Å². The van der Waals surface area contributed by atoms with Gasteiger partial charge in [0.05, 0.1) is 0 Å². The van der Waals surface area contributed by atoms with Crippen LogP contribution < -0.4 is 0 Å². The van der Waals surface area contributed by atoms with Crippen LogP contribution in [0.4, 0.5) is 0 Å². The van der Waals surface area contributed by atoms with Gasteiger partial charge in [0.2, 0.25) is 0 Å². The normalized spacial score (nSPS) is 10.8. The number of Topliss-reactive ketones (excluding diaryl/α,β-unsaturated/α-hetero) is 1. The number of rotatable bonds is 5. The Morgan fingerprint density at radius 3 is 2.62 bits per heavy atom. The summed E-state index contributed by atoms with van der Waals surface area (Å²) >= 11 is 3.45. The molecule has 0 heterocycles. The summed E-state index contributed by atoms with van der Waals surface area (Å²) in [5, 5.41) is 0. The molecule has 88 valence electrons. The maximum Gasteiger partial charge on any atom is 0.162 e. The lowest BCUT2D eigenvalue weighted by Crippen LogP contribution is -2.00. The molecular formula is C14H19BrO. The molecule has 0 N–H and O–H groups in total. The van der Waals surface area contributed by atoms with Gasteiger partial charge in [-0.05, 0) is 30.9 Å². The predicted molar refractivity (Wildman–Crippen MR) is 71.9 cm³/mol. The van der Waals surface area contributed by atoms with Crippen LogP contribution >= 0.6 is 15.9 Å². The van der Waals surface area contributed by atoms with E-state index < -0.39 is 0 Å². The third-order valence-corrected chi connectivity index (χ3v) is 3.53. The van der Waals surface area contributed by atoms with E-state index in [1.807, 2.05) is 25.1 Å². The summed E-state index contributed by atoms with van der Waals surface area (Å²) in [6.07, 6.45) is 2.77. The van der Waals surface area contributed by atoms with Gasteiger partial charge in [0.15, 0.2) is 5.78 Å². The Kier molecular flexibility index (Phi) is 5.20. The van der Waals surface area contributed by atoms with Crippen LogP contribution in [-0.2, 0) is 0 Å². The van der Waals surface area contributed by atoms with Crippen LogP contribution in [0.25, 0.3) is 0 Å². The van der Waals surface area contributed by atoms with Crippen molar-refractivity contribution in [1.29, 1.82) is 0 Å². The largest absolute Gasteiger partial charge is 0.294 e. The molecule has 0 radical (unpaired) electrons. The molecule has 1 rings (SSSR count). The summed E-state index contributed by atoms with van der Waals surface area (Å²) in [6, 6.07) is 5.82. The van der Waals surface area contributed by atoms with Crippen molar-refractivity contribution in [1.82, 2.24) is 0 Å². The summed E-state index contributed by atoms with van der Waals surface area (Å²) < 4.78 is 1.02. The van der Waals surface area contributed by atoms with Crippen molar-refractivity contribution in [2.45, 2.75) is 40.0 Å². The molecule has 1 aromatic rings. The lowest BCUT2D eigenvalue weighted by atomic mass is 10.0. The second-order valence-corrected chi connectivity index (χ2v) is 5.53. The molecule has 0 amide bonds. The summed E-state index contributed by atoms with van der Waals surface area (Å²) in [4.78, 5) is 11.9. The van der Waals surface area contributed by atoms with Crippen LogP contribution in [0.3, 0.4) is 0 Å². The van der Waals surface area contributed by atoms with Crippen LogP contribution in [0.1, 0.15) is 49.0 Å². The van der Waals surface area contributed by atoms with Crippen LogP contribution in [-0.4, -0.2) is 5.78 Å². The standard InChI is InChI=1S/C14H19BrO/c1-10(2)5-4-6-14(16)12-8-7-11(3)13(15)9-12/h7-10H,4-6H2,1-3H3. The van der Waals surface area contributed by atoms with Gasteiger partial charge in [-0.2, -0.15) is 0 Å². The van der Waals surface area contributed by atoms with Gasteiger partial charge in [0.25, 0.3) is 0 Å². The van der Waals surface area contributed by atoms with E-state index in [-0.39, 0.29) is 5.78 Å². The lowest BCUT2D eigenvalue weighted by Gasteiger charge is -2.05. The highest BCUT2D eigenvalue weighted by Crippen LogP contribution is 2.19. The van der Waals surface area contributed by atoms with Gasteiger partial charge in [-0.3, -0.25) is 4.79 Å². The number of halogens is 1. The Balaban J connectivity index is 2.56. The van der Waals surface area contributed by atoms with E-state index in [2.05, 4.69) is 29.8 Å². The number of carbonyl (C=O) groups excluding carboxylic acids is 1. The summed E-state index contributed by atoms with van der Waals surface area (Å²) in [5.74, 6) is 0.930. The minimum Gasteiger partial charge on any atom is -0.294 e. The minimum atomic E-state index is 0.251. The zero-order valence-electron chi connectivity index (χ0n) is 10.2. The smallest absolute Gasteiger partial charge is 0.162 e. The van der Waals surface area contributed by atoms with E-state index in [4.69, 9.17) is 0 Å². The molecule has 0 fully saturated rings. The number of benzene rings is 1. The van der Waals surface area contributed by atoms with Crippen LogP contribution in [0, 0.1) is 12.8 Å². The van der Waals surface area contributed by atoms with Crippen molar-refractivity contribution < 1.29 is 4.79 Å². The molecule has 0 aliphatic carbocycles. The van der Waals surface area contributed by atoms with Crippen molar-refractivity contribution >= 4 is 21.7 Å². The van der Waals surface area contributed by atoms with Crippen molar-refractivity contribution in [2.24, 2.45) is 5.92 Å². The molecule has 1 nitrogen and oxygen atoms in total. The molecule has 0 aliphatic heterocycles. The number of hydrogen-bond acceptors (Lipinski definition) is 1. The van der Waals surface area contributed by atoms with Gasteiger partial charge < -0.3 is 0 Å². The first-order valence-electron chi connectivity index (χ1n) is 5.80. The fourth-order valence-electron chi connectivity index (χ4n) is 1.58. The molecule has 2 heteroatoms. The molecular weight excluding hydrogens is 264 g/mol. The van der Waals surface area contributed by atoms with Crippen molar-refractivity contribution in [3.05, 3.63) is 33.8 Å². The number of ketones is 1. The lowest BCUT2D eigenvalue weighted by molar-refractivity contribution is 0.0978. The average Bonchev–Trinajstić information content (AvgIpc) is 2.21. The van der Waals surface area contributed by atoms with Gasteiger partial charge in [0, 0.05) is 16.5 Å². The third-order valence-electron chi connectivity index (χ3n) is 2.68. The second kappa shape index (κ2) is 6.19. The third kappa shape index (κ3) is 4.09. The van der Waals surface area contributed by atoms with E-state index in [1.165, 1.54) is 5.56 Å². The second-order valence-electron chi connectivity index (χ2n) is 4.67. The molecule has 1 aromatic carbocycles. The average molecular weight is 283 g/mol. The maximum absolute atomic E-state index is 11.9. The van der Waals surface area contributed by atoms with Crippen LogP contribution in [0.15, 0.2) is 22.7 Å². The molecule has 0 saturated heterocycles. The first-order chi connectivity index (χ1) is 7.50. The Bertz CT molecular complexity index is 369. The van der Waals surface area contributed by atoms with Gasteiger partial charge in [0.1, 0.15) is 0 Å². The van der Waals surface area contributed by atoms with E-state index in [0.29, 0.717) is 12.3 Å². The van der Waals surface area contributed by atoms with E-state index in [9.17, 15) is 4.79 Å². The zero-order chi connectivity index (χ0) is 12.1. The van der Waals surface area contributed by atoms with Crippen LogP contribution in [0.5, 0.6) is 0 Å². The molecule has 0 aromatic heterocycles. The van der Waals surface area contributed by atoms with Gasteiger partial charge >= 0.3 is 0 Å². The predicted octanol–water partition coefficient (Wildman–Crippen LogP) is 4.77. The van der Waals surface area contributed by atoms with E-state index >= 15 is 0 Å². The Labute approximate surface area is 106 Å². The molecule has 0 bridgehead atoms. The van der Waals surface area contributed by atoms with E-state index in [0.717, 1.165) is 22.9 Å². The molecule has 0 atom stereocenters. The molecule has 16 heavy (non-hydrogen) atoms. The molecule has 0 aliphatic rings. The first kappa shape index (κ1) is 13.4. The summed E-state index contributed by atoms with van der Waals surface area (Å²) in [5.41, 5.74) is 1.99.